The summed E-state index contributed by atoms with van der Waals surface area (Å²) in [6.07, 6.45) is 6.93. The lowest BCUT2D eigenvalue weighted by atomic mass is 9.94. The third-order valence-electron chi connectivity index (χ3n) is 5.36. The second-order valence-corrected chi connectivity index (χ2v) is 7.46. The van der Waals surface area contributed by atoms with E-state index in [4.69, 9.17) is 0 Å². The summed E-state index contributed by atoms with van der Waals surface area (Å²) in [6, 6.07) is 4.86. The quantitative estimate of drug-likeness (QED) is 0.761. The second-order valence-electron chi connectivity index (χ2n) is 7.46. The molecule has 0 aromatic heterocycles. The van der Waals surface area contributed by atoms with Crippen molar-refractivity contribution in [3.05, 3.63) is 34.4 Å². The highest BCUT2D eigenvalue weighted by atomic mass is 16.3. The zero-order valence-corrected chi connectivity index (χ0v) is 16.1. The van der Waals surface area contributed by atoms with Crippen LogP contribution in [-0.2, 0) is 11.2 Å². The zero-order valence-electron chi connectivity index (χ0n) is 16.1. The normalized spacial score (nSPS) is 15.6. The van der Waals surface area contributed by atoms with E-state index in [2.05, 4.69) is 43.1 Å². The van der Waals surface area contributed by atoms with Gasteiger partial charge in [0.05, 0.1) is 13.2 Å². The first-order valence-electron chi connectivity index (χ1n) is 9.69. The van der Waals surface area contributed by atoms with Gasteiger partial charge in [0.25, 0.3) is 0 Å². The monoisotopic (exact) mass is 346 g/mol. The van der Waals surface area contributed by atoms with Gasteiger partial charge in [-0.2, -0.15) is 0 Å². The predicted octanol–water partition coefficient (Wildman–Crippen LogP) is 2.90. The smallest absolute Gasteiger partial charge is 0.234 e. The lowest BCUT2D eigenvalue weighted by Crippen LogP contribution is -2.45. The fourth-order valence-electron chi connectivity index (χ4n) is 4.14. The third kappa shape index (κ3) is 6.12. The second kappa shape index (κ2) is 9.93. The Morgan fingerprint density at radius 2 is 1.80 bits per heavy atom. The summed E-state index contributed by atoms with van der Waals surface area (Å²) in [5, 5.41) is 12.4. The van der Waals surface area contributed by atoms with E-state index >= 15 is 0 Å². The first-order valence-corrected chi connectivity index (χ1v) is 9.69. The fraction of sp³-hybridized carbons (Fsp3) is 0.667. The van der Waals surface area contributed by atoms with Crippen molar-refractivity contribution in [1.82, 2.24) is 10.2 Å². The van der Waals surface area contributed by atoms with E-state index in [0.717, 1.165) is 19.3 Å². The molecule has 0 unspecified atom stereocenters. The molecule has 2 rings (SSSR count). The Labute approximate surface area is 152 Å². The van der Waals surface area contributed by atoms with Crippen LogP contribution in [0.15, 0.2) is 12.1 Å². The van der Waals surface area contributed by atoms with Gasteiger partial charge >= 0.3 is 0 Å². The van der Waals surface area contributed by atoms with Gasteiger partial charge in [-0.25, -0.2) is 0 Å². The van der Waals surface area contributed by atoms with Crippen molar-refractivity contribution in [3.8, 4) is 0 Å². The van der Waals surface area contributed by atoms with Crippen LogP contribution in [0.5, 0.6) is 0 Å². The Morgan fingerprint density at radius 1 is 1.16 bits per heavy atom. The maximum atomic E-state index is 12.4. The van der Waals surface area contributed by atoms with Crippen LogP contribution in [-0.4, -0.2) is 48.2 Å². The molecule has 1 aliphatic rings. The van der Waals surface area contributed by atoms with E-state index < -0.39 is 0 Å². The third-order valence-corrected chi connectivity index (χ3v) is 5.36. The molecular weight excluding hydrogens is 312 g/mol. The van der Waals surface area contributed by atoms with E-state index in [1.165, 1.54) is 41.5 Å². The highest BCUT2D eigenvalue weighted by molar-refractivity contribution is 5.78. The Kier molecular flexibility index (Phi) is 7.91. The number of aryl methyl sites for hydroxylation is 3. The minimum absolute atomic E-state index is 0.0708. The summed E-state index contributed by atoms with van der Waals surface area (Å²) in [7, 11) is 0. The molecule has 1 amide bonds. The number of carbonyl (C=O) groups excluding carboxylic acids is 1. The van der Waals surface area contributed by atoms with Gasteiger partial charge in [0, 0.05) is 19.1 Å². The lowest BCUT2D eigenvalue weighted by Gasteiger charge is -2.33. The van der Waals surface area contributed by atoms with Crippen molar-refractivity contribution >= 4 is 5.91 Å². The number of aliphatic hydroxyl groups is 1. The molecule has 1 aromatic carbocycles. The predicted molar refractivity (Wildman–Crippen MR) is 103 cm³/mol. The molecule has 1 saturated carbocycles. The van der Waals surface area contributed by atoms with E-state index in [-0.39, 0.29) is 12.5 Å². The van der Waals surface area contributed by atoms with Crippen molar-refractivity contribution in [3.63, 3.8) is 0 Å². The van der Waals surface area contributed by atoms with Gasteiger partial charge in [-0.1, -0.05) is 37.0 Å². The highest BCUT2D eigenvalue weighted by Crippen LogP contribution is 2.22. The topological polar surface area (TPSA) is 52.6 Å². The van der Waals surface area contributed by atoms with E-state index in [1.807, 2.05) is 0 Å². The molecule has 0 radical (unpaired) electrons. The van der Waals surface area contributed by atoms with Crippen molar-refractivity contribution in [2.24, 2.45) is 0 Å². The molecule has 0 spiro atoms. The Balaban J connectivity index is 1.82. The minimum atomic E-state index is 0.0708. The lowest BCUT2D eigenvalue weighted by molar-refractivity contribution is -0.123. The van der Waals surface area contributed by atoms with Crippen molar-refractivity contribution in [2.45, 2.75) is 65.3 Å². The molecule has 25 heavy (non-hydrogen) atoms. The Bertz CT molecular complexity index is 542. The van der Waals surface area contributed by atoms with Gasteiger partial charge in [-0.3, -0.25) is 9.69 Å². The number of rotatable bonds is 8. The van der Waals surface area contributed by atoms with E-state index in [0.29, 0.717) is 25.7 Å². The number of aliphatic hydroxyl groups excluding tert-OH is 1. The molecular formula is C21H34N2O2. The van der Waals surface area contributed by atoms with Gasteiger partial charge in [0.15, 0.2) is 0 Å². The summed E-state index contributed by atoms with van der Waals surface area (Å²) in [5.41, 5.74) is 5.23. The van der Waals surface area contributed by atoms with Crippen LogP contribution in [0.1, 0.15) is 54.4 Å². The number of amides is 1. The summed E-state index contributed by atoms with van der Waals surface area (Å²) in [6.45, 7) is 8.18. The van der Waals surface area contributed by atoms with Crippen LogP contribution in [0.25, 0.3) is 0 Å². The Hall–Kier alpha value is -1.39. The molecule has 0 bridgehead atoms. The van der Waals surface area contributed by atoms with E-state index in [1.54, 1.807) is 0 Å². The minimum Gasteiger partial charge on any atom is -0.395 e. The van der Waals surface area contributed by atoms with Crippen molar-refractivity contribution in [2.75, 3.05) is 26.2 Å². The number of hydrogen-bond acceptors (Lipinski definition) is 3. The molecule has 0 aliphatic heterocycles. The first-order chi connectivity index (χ1) is 12.0. The summed E-state index contributed by atoms with van der Waals surface area (Å²) in [4.78, 5) is 14.5. The van der Waals surface area contributed by atoms with Crippen molar-refractivity contribution in [1.29, 1.82) is 0 Å². The van der Waals surface area contributed by atoms with Crippen molar-refractivity contribution < 1.29 is 9.90 Å². The highest BCUT2D eigenvalue weighted by Gasteiger charge is 2.22. The fourth-order valence-corrected chi connectivity index (χ4v) is 4.14. The van der Waals surface area contributed by atoms with Crippen LogP contribution in [0, 0.1) is 20.8 Å². The van der Waals surface area contributed by atoms with Gasteiger partial charge < -0.3 is 10.4 Å². The SMILES string of the molecule is Cc1cc(C)c(CCNC(=O)CN(CCO)C2CCCCC2)c(C)c1. The standard InChI is InChI=1S/C21H34N2O2/c1-16-13-17(2)20(18(3)14-16)9-10-22-21(25)15-23(11-12-24)19-7-5-4-6-8-19/h13-14,19,24H,4-12,15H2,1-3H3,(H,22,25). The van der Waals surface area contributed by atoms with Gasteiger partial charge in [-0.05, 0) is 56.7 Å². The molecule has 4 heteroatoms. The average Bonchev–Trinajstić information content (AvgIpc) is 2.57. The largest absolute Gasteiger partial charge is 0.395 e. The number of hydrogen-bond donors (Lipinski definition) is 2. The maximum Gasteiger partial charge on any atom is 0.234 e. The molecule has 1 aliphatic carbocycles. The molecule has 0 atom stereocenters. The zero-order chi connectivity index (χ0) is 18.2. The molecule has 0 saturated heterocycles. The van der Waals surface area contributed by atoms with Crippen LogP contribution in [0.2, 0.25) is 0 Å². The number of carbonyl (C=O) groups is 1. The van der Waals surface area contributed by atoms with Crippen LogP contribution >= 0.6 is 0 Å². The molecule has 140 valence electrons. The molecule has 0 heterocycles. The molecule has 4 nitrogen and oxygen atoms in total. The Morgan fingerprint density at radius 3 is 2.40 bits per heavy atom. The summed E-state index contributed by atoms with van der Waals surface area (Å²) < 4.78 is 0. The number of benzene rings is 1. The average molecular weight is 347 g/mol. The van der Waals surface area contributed by atoms with Gasteiger partial charge in [0.2, 0.25) is 5.91 Å². The molecule has 2 N–H and O–H groups in total. The van der Waals surface area contributed by atoms with Gasteiger partial charge in [0.1, 0.15) is 0 Å². The van der Waals surface area contributed by atoms with Gasteiger partial charge in [-0.15, -0.1) is 0 Å². The van der Waals surface area contributed by atoms with E-state index in [9.17, 15) is 9.90 Å². The van der Waals surface area contributed by atoms with Crippen LogP contribution in [0.4, 0.5) is 0 Å². The molecule has 1 aromatic rings. The number of nitrogens with zero attached hydrogens (tertiary/aromatic N) is 1. The summed E-state index contributed by atoms with van der Waals surface area (Å²) >= 11 is 0. The maximum absolute atomic E-state index is 12.4. The number of nitrogens with one attached hydrogen (secondary N) is 1. The molecule has 1 fully saturated rings. The van der Waals surface area contributed by atoms with Crippen LogP contribution < -0.4 is 5.32 Å². The van der Waals surface area contributed by atoms with Crippen LogP contribution in [0.3, 0.4) is 0 Å². The first kappa shape index (κ1) is 19.9. The summed E-state index contributed by atoms with van der Waals surface area (Å²) in [5.74, 6) is 0.0708.